The summed E-state index contributed by atoms with van der Waals surface area (Å²) < 4.78 is 22.8. The van der Waals surface area contributed by atoms with Gasteiger partial charge in [0.15, 0.2) is 9.84 Å². The molecule has 5 nitrogen and oxygen atoms in total. The number of benzene rings is 1. The number of hydrogen-bond donors (Lipinski definition) is 2. The molecule has 1 aromatic carbocycles. The summed E-state index contributed by atoms with van der Waals surface area (Å²) in [5.41, 5.74) is 6.47. The summed E-state index contributed by atoms with van der Waals surface area (Å²) in [7, 11) is -3.32. The van der Waals surface area contributed by atoms with E-state index in [9.17, 15) is 13.2 Å². The molecule has 0 atom stereocenters. The van der Waals surface area contributed by atoms with Crippen molar-refractivity contribution >= 4 is 39.5 Å². The van der Waals surface area contributed by atoms with Gasteiger partial charge in [-0.3, -0.25) is 4.79 Å². The fraction of sp³-hybridized carbons (Fsp3) is 0.364. The van der Waals surface area contributed by atoms with Gasteiger partial charge < -0.3 is 11.1 Å². The smallest absolute Gasteiger partial charge is 0.239 e. The number of amides is 1. The molecule has 0 aliphatic carbocycles. The van der Waals surface area contributed by atoms with Crippen molar-refractivity contribution in [1.29, 1.82) is 0 Å². The Bertz CT molecular complexity index is 503. The highest BCUT2D eigenvalue weighted by molar-refractivity contribution is 7.92. The first-order chi connectivity index (χ1) is 7.94. The van der Waals surface area contributed by atoms with Crippen molar-refractivity contribution in [1.82, 2.24) is 0 Å². The predicted molar refractivity (Wildman–Crippen MR) is 75.7 cm³/mol. The van der Waals surface area contributed by atoms with Crippen LogP contribution in [0.2, 0.25) is 0 Å². The molecule has 0 aromatic heterocycles. The molecular formula is C11H17ClN2O3S. The lowest BCUT2D eigenvalue weighted by Gasteiger charge is -2.07. The first kappa shape index (κ1) is 16.7. The van der Waals surface area contributed by atoms with Gasteiger partial charge >= 0.3 is 0 Å². The molecule has 0 heterocycles. The van der Waals surface area contributed by atoms with Crippen molar-refractivity contribution in [3.63, 3.8) is 0 Å². The zero-order chi connectivity index (χ0) is 12.9. The van der Waals surface area contributed by atoms with E-state index in [2.05, 4.69) is 5.32 Å². The molecule has 7 heteroatoms. The number of anilines is 2. The second kappa shape index (κ2) is 7.23. The number of para-hydroxylation sites is 2. The monoisotopic (exact) mass is 292 g/mol. The van der Waals surface area contributed by atoms with Crippen LogP contribution in [0.4, 0.5) is 11.4 Å². The molecule has 18 heavy (non-hydrogen) atoms. The zero-order valence-corrected chi connectivity index (χ0v) is 11.7. The third-order valence-corrected chi connectivity index (χ3v) is 3.83. The Labute approximate surface area is 113 Å². The normalized spacial score (nSPS) is 10.5. The van der Waals surface area contributed by atoms with Crippen molar-refractivity contribution < 1.29 is 13.2 Å². The number of nitrogen functional groups attached to an aromatic ring is 1. The van der Waals surface area contributed by atoms with Gasteiger partial charge in [0.25, 0.3) is 0 Å². The number of rotatable bonds is 5. The van der Waals surface area contributed by atoms with E-state index in [0.717, 1.165) is 0 Å². The SMILES string of the molecule is CCCS(=O)(=O)CC(=O)Nc1ccccc1N.Cl. The number of nitrogens with one attached hydrogen (secondary N) is 1. The van der Waals surface area contributed by atoms with Crippen LogP contribution in [0.5, 0.6) is 0 Å². The summed E-state index contributed by atoms with van der Waals surface area (Å²) in [6.07, 6.45) is 0.503. The lowest BCUT2D eigenvalue weighted by atomic mass is 10.3. The van der Waals surface area contributed by atoms with Gasteiger partial charge in [-0.25, -0.2) is 8.42 Å². The predicted octanol–water partition coefficient (Wildman–Crippen LogP) is 1.45. The van der Waals surface area contributed by atoms with Gasteiger partial charge in [-0.05, 0) is 18.6 Å². The summed E-state index contributed by atoms with van der Waals surface area (Å²) in [6, 6.07) is 6.71. The molecule has 0 spiro atoms. The highest BCUT2D eigenvalue weighted by atomic mass is 35.5. The third-order valence-electron chi connectivity index (χ3n) is 2.10. The van der Waals surface area contributed by atoms with Crippen LogP contribution in [0.15, 0.2) is 24.3 Å². The third kappa shape index (κ3) is 5.37. The number of hydrogen-bond acceptors (Lipinski definition) is 4. The largest absolute Gasteiger partial charge is 0.397 e. The standard InChI is InChI=1S/C11H16N2O3S.ClH/c1-2-7-17(15,16)8-11(14)13-10-6-4-3-5-9(10)12;/h3-6H,2,7-8,12H2,1H3,(H,13,14);1H. The molecule has 1 amide bonds. The van der Waals surface area contributed by atoms with E-state index in [0.29, 0.717) is 17.8 Å². The number of carbonyl (C=O) groups excluding carboxylic acids is 1. The Hall–Kier alpha value is -1.27. The number of nitrogens with two attached hydrogens (primary N) is 1. The first-order valence-electron chi connectivity index (χ1n) is 5.29. The van der Waals surface area contributed by atoms with Crippen LogP contribution >= 0.6 is 12.4 Å². The van der Waals surface area contributed by atoms with E-state index >= 15 is 0 Å². The molecule has 1 aromatic rings. The van der Waals surface area contributed by atoms with Crippen LogP contribution in [0.25, 0.3) is 0 Å². The Balaban J connectivity index is 0.00000289. The maximum Gasteiger partial charge on any atom is 0.239 e. The molecular weight excluding hydrogens is 276 g/mol. The number of sulfone groups is 1. The van der Waals surface area contributed by atoms with Gasteiger partial charge in [-0.1, -0.05) is 19.1 Å². The summed E-state index contributed by atoms with van der Waals surface area (Å²) >= 11 is 0. The fourth-order valence-electron chi connectivity index (χ4n) is 1.38. The van der Waals surface area contributed by atoms with Crippen molar-refractivity contribution in [3.8, 4) is 0 Å². The summed E-state index contributed by atoms with van der Waals surface area (Å²) in [5.74, 6) is -1.05. The number of carbonyl (C=O) groups is 1. The second-order valence-electron chi connectivity index (χ2n) is 3.73. The maximum atomic E-state index is 11.5. The Morgan fingerprint density at radius 1 is 1.33 bits per heavy atom. The topological polar surface area (TPSA) is 89.3 Å². The molecule has 0 saturated carbocycles. The van der Waals surface area contributed by atoms with Gasteiger partial charge in [0, 0.05) is 0 Å². The van der Waals surface area contributed by atoms with Crippen LogP contribution in [0, 0.1) is 0 Å². The van der Waals surface area contributed by atoms with E-state index in [1.165, 1.54) is 0 Å². The van der Waals surface area contributed by atoms with Gasteiger partial charge in [0.1, 0.15) is 5.75 Å². The van der Waals surface area contributed by atoms with E-state index in [1.54, 1.807) is 31.2 Å². The highest BCUT2D eigenvalue weighted by Crippen LogP contribution is 2.16. The Morgan fingerprint density at radius 2 is 1.94 bits per heavy atom. The summed E-state index contributed by atoms with van der Waals surface area (Å²) in [6.45, 7) is 1.75. The van der Waals surface area contributed by atoms with Crippen molar-refractivity contribution in [3.05, 3.63) is 24.3 Å². The molecule has 1 rings (SSSR count). The maximum absolute atomic E-state index is 11.5. The zero-order valence-electron chi connectivity index (χ0n) is 10.0. The van der Waals surface area contributed by atoms with E-state index < -0.39 is 21.5 Å². The molecule has 0 bridgehead atoms. The van der Waals surface area contributed by atoms with Crippen LogP contribution in [0.3, 0.4) is 0 Å². The van der Waals surface area contributed by atoms with Crippen LogP contribution in [0.1, 0.15) is 13.3 Å². The molecule has 0 unspecified atom stereocenters. The molecule has 0 saturated heterocycles. The lowest BCUT2D eigenvalue weighted by Crippen LogP contribution is -2.24. The van der Waals surface area contributed by atoms with E-state index in [-0.39, 0.29) is 18.2 Å². The Morgan fingerprint density at radius 3 is 2.50 bits per heavy atom. The van der Waals surface area contributed by atoms with Crippen molar-refractivity contribution in [2.75, 3.05) is 22.6 Å². The molecule has 102 valence electrons. The minimum Gasteiger partial charge on any atom is -0.397 e. The molecule has 0 aliphatic rings. The first-order valence-corrected chi connectivity index (χ1v) is 7.11. The van der Waals surface area contributed by atoms with E-state index in [4.69, 9.17) is 5.73 Å². The van der Waals surface area contributed by atoms with Crippen LogP contribution in [-0.2, 0) is 14.6 Å². The van der Waals surface area contributed by atoms with Gasteiger partial charge in [-0.15, -0.1) is 12.4 Å². The van der Waals surface area contributed by atoms with E-state index in [1.807, 2.05) is 0 Å². The van der Waals surface area contributed by atoms with Crippen molar-refractivity contribution in [2.45, 2.75) is 13.3 Å². The Kier molecular flexibility index (Phi) is 6.72. The van der Waals surface area contributed by atoms with Gasteiger partial charge in [-0.2, -0.15) is 0 Å². The molecule has 0 radical (unpaired) electrons. The molecule has 0 aliphatic heterocycles. The minimum absolute atomic E-state index is 0. The minimum atomic E-state index is -3.32. The highest BCUT2D eigenvalue weighted by Gasteiger charge is 2.16. The van der Waals surface area contributed by atoms with Crippen LogP contribution in [-0.4, -0.2) is 25.8 Å². The fourth-order valence-corrected chi connectivity index (χ4v) is 2.62. The summed E-state index contributed by atoms with van der Waals surface area (Å²) in [4.78, 5) is 11.5. The average Bonchev–Trinajstić information content (AvgIpc) is 2.20. The van der Waals surface area contributed by atoms with Crippen molar-refractivity contribution in [2.24, 2.45) is 0 Å². The second-order valence-corrected chi connectivity index (χ2v) is 5.91. The average molecular weight is 293 g/mol. The van der Waals surface area contributed by atoms with Gasteiger partial charge in [0.05, 0.1) is 17.1 Å². The van der Waals surface area contributed by atoms with Gasteiger partial charge in [0.2, 0.25) is 5.91 Å². The summed E-state index contributed by atoms with van der Waals surface area (Å²) in [5, 5.41) is 2.48. The molecule has 0 fully saturated rings. The quantitative estimate of drug-likeness (QED) is 0.804. The number of halogens is 1. The van der Waals surface area contributed by atoms with Crippen LogP contribution < -0.4 is 11.1 Å². The molecule has 3 N–H and O–H groups in total. The lowest BCUT2D eigenvalue weighted by molar-refractivity contribution is -0.113.